The summed E-state index contributed by atoms with van der Waals surface area (Å²) in [5.41, 5.74) is 2.14. The van der Waals surface area contributed by atoms with Crippen molar-refractivity contribution >= 4 is 13.7 Å². The van der Waals surface area contributed by atoms with Crippen LogP contribution in [0.5, 0.6) is 0 Å². The Labute approximate surface area is 100.0 Å². The third-order valence-corrected chi connectivity index (χ3v) is 5.46. The summed E-state index contributed by atoms with van der Waals surface area (Å²) >= 11 is 0. The standard InChI is InChI=1S/C14H21OP/c1-11(2)16(12(3)4)10-14(15)13-8-6-5-7-9-13/h5-12,15H,1-4H3/b14-10-. The van der Waals surface area contributed by atoms with Crippen LogP contribution in [-0.2, 0) is 0 Å². The van der Waals surface area contributed by atoms with Gasteiger partial charge in [-0.2, -0.15) is 0 Å². The first-order valence-corrected chi connectivity index (χ1v) is 7.31. The van der Waals surface area contributed by atoms with E-state index < -0.39 is 0 Å². The Morgan fingerprint density at radius 2 is 1.56 bits per heavy atom. The average Bonchev–Trinajstić information content (AvgIpc) is 2.25. The largest absolute Gasteiger partial charge is 0.507 e. The fraction of sp³-hybridized carbons (Fsp3) is 0.429. The van der Waals surface area contributed by atoms with Crippen molar-refractivity contribution in [3.63, 3.8) is 0 Å². The van der Waals surface area contributed by atoms with Gasteiger partial charge in [0.05, 0.1) is 0 Å². The number of aliphatic hydroxyl groups is 1. The number of benzene rings is 1. The molecule has 0 radical (unpaired) electrons. The predicted molar refractivity (Wildman–Crippen MR) is 74.2 cm³/mol. The van der Waals surface area contributed by atoms with Crippen LogP contribution in [0.15, 0.2) is 36.1 Å². The minimum atomic E-state index is -0.254. The molecule has 16 heavy (non-hydrogen) atoms. The monoisotopic (exact) mass is 236 g/mol. The Bertz CT molecular complexity index is 333. The summed E-state index contributed by atoms with van der Waals surface area (Å²) < 4.78 is 0. The quantitative estimate of drug-likeness (QED) is 0.585. The van der Waals surface area contributed by atoms with Crippen LogP contribution in [0, 0.1) is 0 Å². The molecule has 88 valence electrons. The van der Waals surface area contributed by atoms with E-state index in [1.807, 2.05) is 30.3 Å². The number of rotatable bonds is 4. The van der Waals surface area contributed by atoms with E-state index in [1.165, 1.54) is 0 Å². The van der Waals surface area contributed by atoms with Gasteiger partial charge in [0.25, 0.3) is 0 Å². The molecule has 0 saturated heterocycles. The van der Waals surface area contributed by atoms with Gasteiger partial charge in [0.2, 0.25) is 0 Å². The van der Waals surface area contributed by atoms with Gasteiger partial charge in [-0.05, 0) is 17.1 Å². The normalized spacial score (nSPS) is 12.8. The van der Waals surface area contributed by atoms with Gasteiger partial charge in [-0.1, -0.05) is 65.9 Å². The van der Waals surface area contributed by atoms with E-state index in [9.17, 15) is 5.11 Å². The molecule has 0 atom stereocenters. The van der Waals surface area contributed by atoms with Gasteiger partial charge in [-0.25, -0.2) is 0 Å². The minimum Gasteiger partial charge on any atom is -0.507 e. The van der Waals surface area contributed by atoms with Crippen LogP contribution in [0.3, 0.4) is 0 Å². The second-order valence-corrected chi connectivity index (χ2v) is 7.73. The molecule has 0 unspecified atom stereocenters. The van der Waals surface area contributed by atoms with Gasteiger partial charge in [-0.15, -0.1) is 0 Å². The maximum atomic E-state index is 10.1. The highest BCUT2D eigenvalue weighted by Crippen LogP contribution is 2.48. The van der Waals surface area contributed by atoms with Crippen LogP contribution in [0.25, 0.3) is 5.76 Å². The van der Waals surface area contributed by atoms with E-state index >= 15 is 0 Å². The molecule has 1 N–H and O–H groups in total. The average molecular weight is 236 g/mol. The van der Waals surface area contributed by atoms with E-state index in [-0.39, 0.29) is 7.92 Å². The lowest BCUT2D eigenvalue weighted by atomic mass is 10.2. The zero-order chi connectivity index (χ0) is 12.1. The summed E-state index contributed by atoms with van der Waals surface area (Å²) in [7, 11) is -0.254. The molecule has 0 heterocycles. The predicted octanol–water partition coefficient (Wildman–Crippen LogP) is 4.84. The molecule has 1 aromatic carbocycles. The Morgan fingerprint density at radius 3 is 2.00 bits per heavy atom. The summed E-state index contributed by atoms with van der Waals surface area (Å²) in [4.78, 5) is 0. The van der Waals surface area contributed by atoms with Crippen molar-refractivity contribution in [2.75, 3.05) is 0 Å². The van der Waals surface area contributed by atoms with Crippen molar-refractivity contribution in [1.82, 2.24) is 0 Å². The number of hydrogen-bond acceptors (Lipinski definition) is 1. The molecule has 0 aliphatic carbocycles. The molecule has 0 aliphatic rings. The Balaban J connectivity index is 2.90. The zero-order valence-corrected chi connectivity index (χ0v) is 11.4. The summed E-state index contributed by atoms with van der Waals surface area (Å²) in [6.07, 6.45) is 0. The Hall–Kier alpha value is -0.810. The van der Waals surface area contributed by atoms with E-state index in [0.717, 1.165) is 5.56 Å². The lowest BCUT2D eigenvalue weighted by Crippen LogP contribution is -2.01. The van der Waals surface area contributed by atoms with E-state index in [1.54, 1.807) is 0 Å². The molecular formula is C14H21OP. The third kappa shape index (κ3) is 3.64. The third-order valence-electron chi connectivity index (χ3n) is 2.53. The highest BCUT2D eigenvalue weighted by molar-refractivity contribution is 7.62. The highest BCUT2D eigenvalue weighted by atomic mass is 31.1. The lowest BCUT2D eigenvalue weighted by molar-refractivity contribution is 0.513. The maximum absolute atomic E-state index is 10.1. The first-order chi connectivity index (χ1) is 7.52. The molecule has 0 saturated carbocycles. The van der Waals surface area contributed by atoms with Crippen molar-refractivity contribution in [3.05, 3.63) is 41.7 Å². The van der Waals surface area contributed by atoms with Crippen LogP contribution in [0.2, 0.25) is 0 Å². The number of hydrogen-bond donors (Lipinski definition) is 1. The molecule has 1 rings (SSSR count). The molecule has 0 spiro atoms. The topological polar surface area (TPSA) is 20.2 Å². The summed E-state index contributed by atoms with van der Waals surface area (Å²) in [6.45, 7) is 8.89. The molecule has 0 fully saturated rings. The molecule has 1 nitrogen and oxygen atoms in total. The van der Waals surface area contributed by atoms with E-state index in [0.29, 0.717) is 17.1 Å². The van der Waals surface area contributed by atoms with Gasteiger partial charge in [0, 0.05) is 5.56 Å². The molecular weight excluding hydrogens is 215 g/mol. The molecule has 0 aromatic heterocycles. The van der Waals surface area contributed by atoms with Crippen molar-refractivity contribution in [2.24, 2.45) is 0 Å². The SMILES string of the molecule is CC(C)P(/C=C(\O)c1ccccc1)C(C)C. The van der Waals surface area contributed by atoms with Crippen molar-refractivity contribution in [3.8, 4) is 0 Å². The molecule has 1 aromatic rings. The van der Waals surface area contributed by atoms with E-state index in [2.05, 4.69) is 33.5 Å². The minimum absolute atomic E-state index is 0.254. The lowest BCUT2D eigenvalue weighted by Gasteiger charge is -2.22. The van der Waals surface area contributed by atoms with Gasteiger partial charge in [0.1, 0.15) is 5.76 Å². The van der Waals surface area contributed by atoms with Gasteiger partial charge in [-0.3, -0.25) is 0 Å². The van der Waals surface area contributed by atoms with Crippen molar-refractivity contribution in [1.29, 1.82) is 0 Å². The van der Waals surface area contributed by atoms with Crippen LogP contribution < -0.4 is 0 Å². The Kier molecular flexibility index (Phi) is 5.02. The van der Waals surface area contributed by atoms with Crippen LogP contribution >= 0.6 is 7.92 Å². The van der Waals surface area contributed by atoms with E-state index in [4.69, 9.17) is 0 Å². The molecule has 0 bridgehead atoms. The Morgan fingerprint density at radius 1 is 1.06 bits per heavy atom. The summed E-state index contributed by atoms with van der Waals surface area (Å²) in [6, 6.07) is 9.75. The fourth-order valence-electron chi connectivity index (χ4n) is 1.72. The zero-order valence-electron chi connectivity index (χ0n) is 10.5. The van der Waals surface area contributed by atoms with Gasteiger partial charge < -0.3 is 5.11 Å². The summed E-state index contributed by atoms with van der Waals surface area (Å²) in [5, 5.41) is 10.1. The summed E-state index contributed by atoms with van der Waals surface area (Å²) in [5.74, 6) is 2.48. The van der Waals surface area contributed by atoms with Crippen LogP contribution in [0.1, 0.15) is 33.3 Å². The van der Waals surface area contributed by atoms with Crippen molar-refractivity contribution in [2.45, 2.75) is 39.0 Å². The molecule has 2 heteroatoms. The second-order valence-electron chi connectivity index (χ2n) is 4.52. The molecule has 0 aliphatic heterocycles. The second kappa shape index (κ2) is 6.06. The highest BCUT2D eigenvalue weighted by Gasteiger charge is 2.15. The molecule has 0 amide bonds. The van der Waals surface area contributed by atoms with Crippen molar-refractivity contribution < 1.29 is 5.11 Å². The first kappa shape index (κ1) is 13.3. The number of aliphatic hydroxyl groups excluding tert-OH is 1. The van der Waals surface area contributed by atoms with Gasteiger partial charge in [0.15, 0.2) is 0 Å². The van der Waals surface area contributed by atoms with Crippen LogP contribution in [-0.4, -0.2) is 16.4 Å². The fourth-order valence-corrected chi connectivity index (χ4v) is 3.94. The van der Waals surface area contributed by atoms with Crippen LogP contribution in [0.4, 0.5) is 0 Å². The maximum Gasteiger partial charge on any atom is 0.123 e. The first-order valence-electron chi connectivity index (χ1n) is 5.76. The smallest absolute Gasteiger partial charge is 0.123 e. The van der Waals surface area contributed by atoms with Gasteiger partial charge >= 0.3 is 0 Å².